The molecule has 10 heteroatoms. The van der Waals surface area contributed by atoms with Gasteiger partial charge in [-0.1, -0.05) is 127 Å². The van der Waals surface area contributed by atoms with Gasteiger partial charge in [0, 0.05) is 65.9 Å². The van der Waals surface area contributed by atoms with E-state index in [-0.39, 0.29) is 33.7 Å². The second-order valence-corrected chi connectivity index (χ2v) is 12.1. The number of hydrogen-bond acceptors (Lipinski definition) is 9. The average Bonchev–Trinajstić information content (AvgIpc) is 3.18. The Morgan fingerprint density at radius 3 is 1.04 bits per heavy atom. The van der Waals surface area contributed by atoms with Gasteiger partial charge in [-0.15, -0.1) is 0 Å². The van der Waals surface area contributed by atoms with Crippen LogP contribution in [0, 0.1) is 0 Å². The van der Waals surface area contributed by atoms with Crippen molar-refractivity contribution in [3.05, 3.63) is 96.1 Å². The summed E-state index contributed by atoms with van der Waals surface area (Å²) in [5, 5.41) is 40.8. The van der Waals surface area contributed by atoms with Gasteiger partial charge in [0.2, 0.25) is 0 Å². The third kappa shape index (κ3) is 63.6. The van der Waals surface area contributed by atoms with E-state index in [9.17, 15) is 9.59 Å². The topological polar surface area (TPSA) is 154 Å². The molecule has 2 aromatic carbocycles. The Kier molecular flexibility index (Phi) is 67.9. The summed E-state index contributed by atoms with van der Waals surface area (Å²) < 4.78 is 9.28. The summed E-state index contributed by atoms with van der Waals surface area (Å²) in [6, 6.07) is 20.7. The molecule has 0 atom stereocenters. The molecule has 9 nitrogen and oxygen atoms in total. The van der Waals surface area contributed by atoms with Crippen LogP contribution in [-0.4, -0.2) is 84.2 Å². The number of unbranched alkanes of at least 4 members (excludes halogenated alkanes) is 6. The summed E-state index contributed by atoms with van der Waals surface area (Å²) in [5.41, 5.74) is 3.58. The molecule has 0 saturated carbocycles. The number of hydrogen-bond donors (Lipinski definition) is 5. The molecule has 0 radical (unpaired) electrons. The van der Waals surface area contributed by atoms with Gasteiger partial charge >= 0.3 is 11.9 Å². The molecule has 318 valence electrons. The van der Waals surface area contributed by atoms with Crippen molar-refractivity contribution in [3.8, 4) is 0 Å². The zero-order valence-corrected chi connectivity index (χ0v) is 37.3. The summed E-state index contributed by atoms with van der Waals surface area (Å²) >= 11 is 0. The predicted molar refractivity (Wildman–Crippen MR) is 226 cm³/mol. The Balaban J connectivity index is -0.000000135. The summed E-state index contributed by atoms with van der Waals surface area (Å²) in [4.78, 5) is 21.2. The summed E-state index contributed by atoms with van der Waals surface area (Å²) in [7, 11) is 1.33. The summed E-state index contributed by atoms with van der Waals surface area (Å²) in [6.45, 7) is 20.5. The van der Waals surface area contributed by atoms with Crippen LogP contribution in [0.4, 0.5) is 0 Å². The predicted octanol–water partition coefficient (Wildman–Crippen LogP) is 8.98. The van der Waals surface area contributed by atoms with Crippen molar-refractivity contribution >= 4 is 11.9 Å². The Morgan fingerprint density at radius 1 is 0.509 bits per heavy atom. The van der Waals surface area contributed by atoms with E-state index in [0.29, 0.717) is 50.8 Å². The zero-order chi connectivity index (χ0) is 42.1. The van der Waals surface area contributed by atoms with Crippen LogP contribution in [-0.2, 0) is 53.6 Å². The summed E-state index contributed by atoms with van der Waals surface area (Å²) in [6.07, 6.45) is 14.2. The number of aliphatic hydroxyl groups is 5. The molecule has 0 unspecified atom stereocenters. The Bertz CT molecular complexity index is 1000. The second-order valence-electron chi connectivity index (χ2n) is 12.1. The third-order valence-electron chi connectivity index (χ3n) is 6.58. The number of rotatable bonds is 19. The van der Waals surface area contributed by atoms with Crippen LogP contribution in [0.1, 0.15) is 130 Å². The van der Waals surface area contributed by atoms with E-state index in [2.05, 4.69) is 69.9 Å². The quantitative estimate of drug-likeness (QED) is 0.0405. The normalized spacial score (nSPS) is 8.87. The van der Waals surface area contributed by atoms with Gasteiger partial charge < -0.3 is 35.0 Å². The molecule has 2 aromatic rings. The molecule has 0 spiro atoms. The number of esters is 2. The van der Waals surface area contributed by atoms with Gasteiger partial charge in [0.15, 0.2) is 0 Å². The fourth-order valence-electron chi connectivity index (χ4n) is 3.26. The van der Waals surface area contributed by atoms with E-state index in [1.54, 1.807) is 13.8 Å². The van der Waals surface area contributed by atoms with Crippen molar-refractivity contribution in [2.75, 3.05) is 46.8 Å². The van der Waals surface area contributed by atoms with E-state index in [4.69, 9.17) is 30.3 Å². The molecular weight excluding hydrogens is 732 g/mol. The van der Waals surface area contributed by atoms with Crippen LogP contribution < -0.4 is 0 Å². The van der Waals surface area contributed by atoms with Crippen LogP contribution in [0.25, 0.3) is 0 Å². The van der Waals surface area contributed by atoms with Crippen LogP contribution in [0.15, 0.2) is 85.0 Å². The van der Waals surface area contributed by atoms with Gasteiger partial charge in [0.05, 0.1) is 13.7 Å². The number of aryl methyl sites for hydroxylation is 2. The smallest absolute Gasteiger partial charge is 0.333 e. The standard InChI is InChI=1S/C14H18O2.C10H14O.C5H8O2.4C4H10O.Ti/c1-12(2)14(15)16-11-7-6-10-13-8-4-3-5-9-13;11-9-5-4-8-10-6-2-1-3-7-10;1-4(2)5(6)7-3;4*1-2-3-4-5;/h3-5,8-9H,1,6-7,10-11H2,2H3;1-3,6-7,11H,4-5,8-9H2;1H2,2-3H3;4*5H,2-4H2,1H3;. The Labute approximate surface area is 351 Å². The summed E-state index contributed by atoms with van der Waals surface area (Å²) in [5.74, 6) is -0.639. The van der Waals surface area contributed by atoms with E-state index < -0.39 is 0 Å². The van der Waals surface area contributed by atoms with E-state index in [1.807, 2.05) is 36.4 Å². The number of aliphatic hydroxyl groups excluding tert-OH is 5. The molecule has 55 heavy (non-hydrogen) atoms. The first-order valence-corrected chi connectivity index (χ1v) is 19.7. The fourth-order valence-corrected chi connectivity index (χ4v) is 3.26. The van der Waals surface area contributed by atoms with Crippen LogP contribution in [0.5, 0.6) is 0 Å². The maximum atomic E-state index is 11.1. The maximum absolute atomic E-state index is 11.1. The number of carbonyl (C=O) groups is 2. The molecule has 0 aliphatic carbocycles. The monoisotopic (exact) mass is 813 g/mol. The minimum absolute atomic E-state index is 0. The van der Waals surface area contributed by atoms with Crippen molar-refractivity contribution in [1.82, 2.24) is 0 Å². The maximum Gasteiger partial charge on any atom is 0.333 e. The molecule has 0 fully saturated rings. The van der Waals surface area contributed by atoms with E-state index in [0.717, 1.165) is 89.9 Å². The van der Waals surface area contributed by atoms with E-state index in [1.165, 1.54) is 18.2 Å². The number of benzene rings is 2. The first-order chi connectivity index (χ1) is 26.0. The molecule has 0 heterocycles. The van der Waals surface area contributed by atoms with Crippen LogP contribution in [0.2, 0.25) is 0 Å². The van der Waals surface area contributed by atoms with Crippen LogP contribution in [0.3, 0.4) is 0 Å². The second kappa shape index (κ2) is 58.1. The van der Waals surface area contributed by atoms with Crippen molar-refractivity contribution in [2.45, 2.75) is 131 Å². The number of methoxy groups -OCH3 is 1. The van der Waals surface area contributed by atoms with Gasteiger partial charge in [-0.25, -0.2) is 9.59 Å². The molecule has 2 rings (SSSR count). The van der Waals surface area contributed by atoms with Gasteiger partial charge in [0.25, 0.3) is 0 Å². The Morgan fingerprint density at radius 2 is 0.818 bits per heavy atom. The van der Waals surface area contributed by atoms with Crippen molar-refractivity contribution in [3.63, 3.8) is 0 Å². The Hall–Kier alpha value is -2.63. The van der Waals surface area contributed by atoms with Gasteiger partial charge in [-0.05, 0) is 89.2 Å². The molecule has 0 aliphatic heterocycles. The number of ether oxygens (including phenoxy) is 2. The fraction of sp³-hybridized carbons (Fsp3) is 0.600. The first-order valence-electron chi connectivity index (χ1n) is 19.7. The molecule has 0 saturated heterocycles. The molecule has 5 N–H and O–H groups in total. The third-order valence-corrected chi connectivity index (χ3v) is 6.58. The largest absolute Gasteiger partial charge is 0.466 e. The van der Waals surface area contributed by atoms with Crippen molar-refractivity contribution in [2.24, 2.45) is 0 Å². The van der Waals surface area contributed by atoms with Gasteiger partial charge in [-0.2, -0.15) is 0 Å². The zero-order valence-electron chi connectivity index (χ0n) is 35.7. The van der Waals surface area contributed by atoms with E-state index >= 15 is 0 Å². The van der Waals surface area contributed by atoms with Crippen molar-refractivity contribution < 1.29 is 66.3 Å². The average molecular weight is 813 g/mol. The van der Waals surface area contributed by atoms with Gasteiger partial charge in [0.1, 0.15) is 0 Å². The molecule has 0 aromatic heterocycles. The molecule has 0 bridgehead atoms. The molecule has 0 amide bonds. The minimum Gasteiger partial charge on any atom is -0.466 e. The SMILES string of the molecule is C=C(C)C(=O)OC.C=C(C)C(=O)OCCCCc1ccccc1.CCCCO.CCCCO.CCCCO.CCCCO.OCCCCc1ccccc1.[Ti]. The van der Waals surface area contributed by atoms with Crippen LogP contribution >= 0.6 is 0 Å². The molecule has 0 aliphatic rings. The number of carbonyl (C=O) groups excluding carboxylic acids is 2. The molecular formula is C45H80O9Ti. The minimum atomic E-state index is -0.347. The van der Waals surface area contributed by atoms with Crippen molar-refractivity contribution in [1.29, 1.82) is 0 Å². The van der Waals surface area contributed by atoms with Gasteiger partial charge in [-0.3, -0.25) is 0 Å². The first kappa shape index (κ1) is 64.3.